The average Bonchev–Trinajstić information content (AvgIpc) is 2.42. The number of hydrogen-bond acceptors (Lipinski definition) is 1. The molecule has 6 heteroatoms. The van der Waals surface area contributed by atoms with Crippen LogP contribution < -0.4 is 0 Å². The van der Waals surface area contributed by atoms with E-state index in [9.17, 15) is 22.7 Å². The van der Waals surface area contributed by atoms with E-state index < -0.39 is 24.0 Å². The van der Waals surface area contributed by atoms with Gasteiger partial charge in [-0.3, -0.25) is 0 Å². The number of alkyl halides is 3. The summed E-state index contributed by atoms with van der Waals surface area (Å²) in [5.74, 6) is -2.01. The third-order valence-corrected chi connectivity index (χ3v) is 4.61. The molecule has 0 aliphatic heterocycles. The zero-order valence-electron chi connectivity index (χ0n) is 11.3. The lowest BCUT2D eigenvalue weighted by molar-refractivity contribution is -0.185. The van der Waals surface area contributed by atoms with Crippen LogP contribution >= 0.6 is 11.6 Å². The van der Waals surface area contributed by atoms with E-state index in [-0.39, 0.29) is 35.8 Å². The summed E-state index contributed by atoms with van der Waals surface area (Å²) < 4.78 is 51.4. The van der Waals surface area contributed by atoms with Gasteiger partial charge in [0.15, 0.2) is 0 Å². The van der Waals surface area contributed by atoms with Crippen molar-refractivity contribution in [2.24, 2.45) is 11.8 Å². The summed E-state index contributed by atoms with van der Waals surface area (Å²) in [6, 6.07) is 4.27. The number of aliphatic hydroxyl groups excluding tert-OH is 1. The van der Waals surface area contributed by atoms with Gasteiger partial charge in [-0.15, -0.1) is 0 Å². The molecule has 0 bridgehead atoms. The highest BCUT2D eigenvalue weighted by molar-refractivity contribution is 6.31. The number of benzene rings is 1. The molecule has 1 nitrogen and oxygen atoms in total. The summed E-state index contributed by atoms with van der Waals surface area (Å²) in [6.45, 7) is 0. The van der Waals surface area contributed by atoms with E-state index in [2.05, 4.69) is 0 Å². The summed E-state index contributed by atoms with van der Waals surface area (Å²) in [7, 11) is 0. The molecule has 21 heavy (non-hydrogen) atoms. The average molecular weight is 325 g/mol. The second-order valence-electron chi connectivity index (χ2n) is 5.63. The Balaban J connectivity index is 1.95. The first-order chi connectivity index (χ1) is 9.79. The van der Waals surface area contributed by atoms with Crippen LogP contribution in [-0.2, 0) is 6.42 Å². The zero-order valence-corrected chi connectivity index (χ0v) is 12.1. The van der Waals surface area contributed by atoms with Gasteiger partial charge in [-0.25, -0.2) is 4.39 Å². The van der Waals surface area contributed by atoms with Gasteiger partial charge in [-0.2, -0.15) is 13.2 Å². The van der Waals surface area contributed by atoms with Crippen molar-refractivity contribution in [3.63, 3.8) is 0 Å². The lowest BCUT2D eigenvalue weighted by Gasteiger charge is -2.32. The van der Waals surface area contributed by atoms with Crippen LogP contribution in [0.2, 0.25) is 5.02 Å². The van der Waals surface area contributed by atoms with E-state index in [1.165, 1.54) is 18.2 Å². The zero-order chi connectivity index (χ0) is 15.6. The Morgan fingerprint density at radius 1 is 1.19 bits per heavy atom. The van der Waals surface area contributed by atoms with E-state index in [0.29, 0.717) is 12.8 Å². The minimum atomic E-state index is -4.16. The Morgan fingerprint density at radius 3 is 2.33 bits per heavy atom. The first-order valence-electron chi connectivity index (χ1n) is 6.96. The topological polar surface area (TPSA) is 20.2 Å². The van der Waals surface area contributed by atoms with Crippen LogP contribution in [0.4, 0.5) is 17.6 Å². The lowest BCUT2D eigenvalue weighted by atomic mass is 9.78. The van der Waals surface area contributed by atoms with Gasteiger partial charge >= 0.3 is 6.18 Å². The van der Waals surface area contributed by atoms with Gasteiger partial charge in [0.05, 0.1) is 12.0 Å². The van der Waals surface area contributed by atoms with Crippen LogP contribution in [0.3, 0.4) is 0 Å². The third-order valence-electron chi connectivity index (χ3n) is 4.25. The minimum absolute atomic E-state index is 0.0240. The Labute approximate surface area is 125 Å². The SMILES string of the molecule is OC(Cc1c(F)cccc1Cl)C1CCC(C(F)(F)F)CC1. The van der Waals surface area contributed by atoms with Gasteiger partial charge in [0.2, 0.25) is 0 Å². The molecule has 0 amide bonds. The number of halogens is 5. The van der Waals surface area contributed by atoms with Crippen LogP contribution in [0.15, 0.2) is 18.2 Å². The van der Waals surface area contributed by atoms with Crippen LogP contribution in [0, 0.1) is 17.7 Å². The smallest absolute Gasteiger partial charge is 0.391 e. The van der Waals surface area contributed by atoms with Crippen molar-refractivity contribution in [2.75, 3.05) is 0 Å². The molecule has 1 aromatic rings. The quantitative estimate of drug-likeness (QED) is 0.795. The third kappa shape index (κ3) is 4.10. The maximum atomic E-state index is 13.7. The molecular formula is C15H17ClF4O. The van der Waals surface area contributed by atoms with Crippen molar-refractivity contribution in [1.82, 2.24) is 0 Å². The first kappa shape index (κ1) is 16.6. The van der Waals surface area contributed by atoms with Crippen LogP contribution in [-0.4, -0.2) is 17.4 Å². The Kier molecular flexibility index (Phi) is 5.15. The van der Waals surface area contributed by atoms with Crippen LogP contribution in [0.5, 0.6) is 0 Å². The molecule has 1 aliphatic rings. The number of rotatable bonds is 3. The molecule has 0 radical (unpaired) electrons. The van der Waals surface area contributed by atoms with E-state index in [0.717, 1.165) is 0 Å². The predicted molar refractivity (Wildman–Crippen MR) is 72.6 cm³/mol. The van der Waals surface area contributed by atoms with Gasteiger partial charge in [0.1, 0.15) is 5.82 Å². The maximum Gasteiger partial charge on any atom is 0.391 e. The fourth-order valence-corrected chi connectivity index (χ4v) is 3.17. The second-order valence-corrected chi connectivity index (χ2v) is 6.03. The van der Waals surface area contributed by atoms with Crippen molar-refractivity contribution in [3.8, 4) is 0 Å². The molecule has 1 aromatic carbocycles. The van der Waals surface area contributed by atoms with Crippen molar-refractivity contribution in [1.29, 1.82) is 0 Å². The monoisotopic (exact) mass is 324 g/mol. The molecule has 1 saturated carbocycles. The molecule has 1 aliphatic carbocycles. The predicted octanol–water partition coefficient (Wildman–Crippen LogP) is 4.75. The van der Waals surface area contributed by atoms with Crippen LogP contribution in [0.1, 0.15) is 31.2 Å². The summed E-state index contributed by atoms with van der Waals surface area (Å²) in [5, 5.41) is 10.4. The van der Waals surface area contributed by atoms with Crippen LogP contribution in [0.25, 0.3) is 0 Å². The maximum absolute atomic E-state index is 13.7. The van der Waals surface area contributed by atoms with E-state index >= 15 is 0 Å². The van der Waals surface area contributed by atoms with Crippen molar-refractivity contribution < 1.29 is 22.7 Å². The standard InChI is InChI=1S/C15H17ClF4O/c16-12-2-1-3-13(17)11(12)8-14(21)9-4-6-10(7-5-9)15(18,19)20/h1-3,9-10,14,21H,4-8H2. The van der Waals surface area contributed by atoms with Gasteiger partial charge in [-0.1, -0.05) is 17.7 Å². The van der Waals surface area contributed by atoms with Gasteiger partial charge in [-0.05, 0) is 43.7 Å². The van der Waals surface area contributed by atoms with Gasteiger partial charge < -0.3 is 5.11 Å². The highest BCUT2D eigenvalue weighted by Crippen LogP contribution is 2.41. The first-order valence-corrected chi connectivity index (χ1v) is 7.34. The van der Waals surface area contributed by atoms with Crippen molar-refractivity contribution in [3.05, 3.63) is 34.6 Å². The fourth-order valence-electron chi connectivity index (χ4n) is 2.93. The van der Waals surface area contributed by atoms with Crippen molar-refractivity contribution in [2.45, 2.75) is 44.4 Å². The number of hydrogen-bond donors (Lipinski definition) is 1. The molecule has 2 rings (SSSR count). The molecule has 0 saturated heterocycles. The molecule has 0 spiro atoms. The molecule has 1 fully saturated rings. The molecule has 1 N–H and O–H groups in total. The summed E-state index contributed by atoms with van der Waals surface area (Å²) >= 11 is 5.90. The second kappa shape index (κ2) is 6.53. The van der Waals surface area contributed by atoms with Crippen molar-refractivity contribution >= 4 is 11.6 Å². The lowest BCUT2D eigenvalue weighted by Crippen LogP contribution is -2.33. The van der Waals surface area contributed by atoms with E-state index in [1.54, 1.807) is 0 Å². The fraction of sp³-hybridized carbons (Fsp3) is 0.600. The molecule has 118 valence electrons. The Bertz CT molecular complexity index is 461. The van der Waals surface area contributed by atoms with E-state index in [1.807, 2.05) is 0 Å². The Morgan fingerprint density at radius 2 is 1.81 bits per heavy atom. The van der Waals surface area contributed by atoms with Gasteiger partial charge in [0, 0.05) is 17.0 Å². The van der Waals surface area contributed by atoms with Gasteiger partial charge in [0.25, 0.3) is 0 Å². The molecule has 1 unspecified atom stereocenters. The highest BCUT2D eigenvalue weighted by atomic mass is 35.5. The molecule has 0 heterocycles. The molecule has 0 aromatic heterocycles. The normalized spacial score (nSPS) is 24.9. The highest BCUT2D eigenvalue weighted by Gasteiger charge is 2.42. The Hall–Kier alpha value is -0.810. The minimum Gasteiger partial charge on any atom is -0.392 e. The summed E-state index contributed by atoms with van der Waals surface area (Å²) in [6.07, 6.45) is -4.34. The largest absolute Gasteiger partial charge is 0.392 e. The number of aliphatic hydroxyl groups is 1. The molecule has 1 atom stereocenters. The van der Waals surface area contributed by atoms with E-state index in [4.69, 9.17) is 11.6 Å². The molecular weight excluding hydrogens is 308 g/mol. The summed E-state index contributed by atoms with van der Waals surface area (Å²) in [4.78, 5) is 0. The summed E-state index contributed by atoms with van der Waals surface area (Å²) in [5.41, 5.74) is 0.226.